The molecule has 0 atom stereocenters. The number of furan rings is 3. The summed E-state index contributed by atoms with van der Waals surface area (Å²) in [6.07, 6.45) is 1.79. The van der Waals surface area contributed by atoms with Gasteiger partial charge >= 0.3 is 0 Å². The third-order valence-electron chi connectivity index (χ3n) is 13.1. The van der Waals surface area contributed by atoms with Gasteiger partial charge in [0.15, 0.2) is 0 Å². The Morgan fingerprint density at radius 3 is 1.54 bits per heavy atom. The number of hydrogen-bond acceptors (Lipinski definition) is 4. The number of para-hydroxylation sites is 3. The Hall–Kier alpha value is -8.34. The van der Waals surface area contributed by atoms with Gasteiger partial charge < -0.3 is 18.2 Å². The summed E-state index contributed by atoms with van der Waals surface area (Å²) >= 11 is 0. The van der Waals surface area contributed by atoms with Crippen LogP contribution in [0.25, 0.3) is 77.3 Å². The van der Waals surface area contributed by atoms with Crippen molar-refractivity contribution in [1.29, 1.82) is 0 Å². The molecule has 3 heterocycles. The van der Waals surface area contributed by atoms with Crippen molar-refractivity contribution < 1.29 is 13.3 Å². The van der Waals surface area contributed by atoms with Gasteiger partial charge in [-0.1, -0.05) is 146 Å². The van der Waals surface area contributed by atoms with E-state index in [0.29, 0.717) is 0 Å². The van der Waals surface area contributed by atoms with E-state index in [2.05, 4.69) is 193 Å². The molecular formula is C59H37NO3. The predicted octanol–water partition coefficient (Wildman–Crippen LogP) is 16.2. The zero-order chi connectivity index (χ0) is 41.5. The van der Waals surface area contributed by atoms with Crippen LogP contribution < -0.4 is 4.90 Å². The van der Waals surface area contributed by atoms with E-state index in [9.17, 15) is 0 Å². The molecule has 0 bridgehead atoms. The van der Waals surface area contributed by atoms with Gasteiger partial charge in [-0.05, 0) is 117 Å². The normalized spacial score (nSPS) is 12.9. The van der Waals surface area contributed by atoms with Crippen molar-refractivity contribution in [3.63, 3.8) is 0 Å². The molecule has 0 fully saturated rings. The van der Waals surface area contributed by atoms with Crippen molar-refractivity contribution in [3.8, 4) is 33.4 Å². The zero-order valence-corrected chi connectivity index (χ0v) is 34.0. The van der Waals surface area contributed by atoms with Gasteiger partial charge in [0.05, 0.1) is 6.26 Å². The van der Waals surface area contributed by atoms with Crippen molar-refractivity contribution in [1.82, 2.24) is 0 Å². The second-order valence-corrected chi connectivity index (χ2v) is 16.4. The molecule has 296 valence electrons. The maximum Gasteiger partial charge on any atom is 0.143 e. The molecular weight excluding hydrogens is 771 g/mol. The number of benzene rings is 9. The molecule has 0 aliphatic heterocycles. The maximum atomic E-state index is 6.45. The number of rotatable bonds is 7. The summed E-state index contributed by atoms with van der Waals surface area (Å²) < 4.78 is 19.0. The minimum Gasteiger partial charge on any atom is -0.468 e. The van der Waals surface area contributed by atoms with Crippen LogP contribution in [0.1, 0.15) is 22.5 Å². The molecule has 0 spiro atoms. The first-order valence-electron chi connectivity index (χ1n) is 21.4. The lowest BCUT2D eigenvalue weighted by Gasteiger charge is -2.32. The van der Waals surface area contributed by atoms with Gasteiger partial charge in [0, 0.05) is 44.2 Å². The van der Waals surface area contributed by atoms with Gasteiger partial charge in [0.1, 0.15) is 33.5 Å². The second kappa shape index (κ2) is 13.8. The highest BCUT2D eigenvalue weighted by molar-refractivity contribution is 6.10. The van der Waals surface area contributed by atoms with Gasteiger partial charge in [-0.3, -0.25) is 0 Å². The smallest absolute Gasteiger partial charge is 0.143 e. The summed E-state index contributed by atoms with van der Waals surface area (Å²) in [6.45, 7) is 0. The van der Waals surface area contributed by atoms with E-state index in [4.69, 9.17) is 13.3 Å². The SMILES string of the molecule is c1coc(C2(c3ccc(N(c4ccc(-c5ccc6oc7ccccc7c6c5)cc4)c4ccc(-c5cccc6c5oc5ccccc56)cc4)cc3)c3ccccc3-c3ccccc32)c1. The van der Waals surface area contributed by atoms with E-state index >= 15 is 0 Å². The standard InChI is InChI=1S/C59H37NO3/c1-5-17-52-46(11-1)47-12-2-6-18-53(47)59(52,57-21-10-36-61-57)41-27-33-44(34-28-41)60(42-29-22-38(23-30-42)40-26-35-56-51(37-40)49-14-4-7-19-54(49)62-56)43-31-24-39(25-32-43)45-15-9-16-50-48-13-3-8-20-55(48)63-58(45)50/h1-37H. The van der Waals surface area contributed by atoms with Crippen molar-refractivity contribution >= 4 is 60.9 Å². The molecule has 0 N–H and O–H groups in total. The average Bonchev–Trinajstić information content (AvgIpc) is 4.16. The van der Waals surface area contributed by atoms with Crippen LogP contribution in [0, 0.1) is 0 Å². The quantitative estimate of drug-likeness (QED) is 0.161. The van der Waals surface area contributed by atoms with Crippen LogP contribution >= 0.6 is 0 Å². The Morgan fingerprint density at radius 2 is 0.873 bits per heavy atom. The van der Waals surface area contributed by atoms with Crippen LogP contribution in [0.2, 0.25) is 0 Å². The fourth-order valence-electron chi connectivity index (χ4n) is 10.2. The van der Waals surface area contributed by atoms with Gasteiger partial charge in [-0.25, -0.2) is 0 Å². The van der Waals surface area contributed by atoms with E-state index in [0.717, 1.165) is 94.5 Å². The number of nitrogens with zero attached hydrogens (tertiary/aromatic N) is 1. The molecule has 0 saturated heterocycles. The largest absolute Gasteiger partial charge is 0.468 e. The van der Waals surface area contributed by atoms with E-state index in [1.807, 2.05) is 30.3 Å². The fraction of sp³-hybridized carbons (Fsp3) is 0.0169. The Morgan fingerprint density at radius 1 is 0.349 bits per heavy atom. The van der Waals surface area contributed by atoms with Crippen molar-refractivity contribution in [2.45, 2.75) is 5.41 Å². The lowest BCUT2D eigenvalue weighted by molar-refractivity contribution is 0.466. The number of fused-ring (bicyclic) bond motifs is 9. The molecule has 0 amide bonds. The fourth-order valence-corrected chi connectivity index (χ4v) is 10.2. The van der Waals surface area contributed by atoms with Crippen LogP contribution in [0.5, 0.6) is 0 Å². The number of hydrogen-bond donors (Lipinski definition) is 0. The molecule has 13 rings (SSSR count). The summed E-state index contributed by atoms with van der Waals surface area (Å²) in [5.41, 5.74) is 16.6. The first-order valence-corrected chi connectivity index (χ1v) is 21.4. The highest BCUT2D eigenvalue weighted by Crippen LogP contribution is 2.56. The maximum absolute atomic E-state index is 6.45. The summed E-state index contributed by atoms with van der Waals surface area (Å²) in [6, 6.07) is 77.7. The topological polar surface area (TPSA) is 42.7 Å². The van der Waals surface area contributed by atoms with E-state index in [1.165, 1.54) is 22.3 Å². The highest BCUT2D eigenvalue weighted by Gasteiger charge is 2.48. The minimum atomic E-state index is -0.609. The van der Waals surface area contributed by atoms with Gasteiger partial charge in [-0.2, -0.15) is 0 Å². The minimum absolute atomic E-state index is 0.609. The molecule has 12 aromatic rings. The molecule has 1 aliphatic carbocycles. The Balaban J connectivity index is 0.935. The van der Waals surface area contributed by atoms with Gasteiger partial charge in [0.2, 0.25) is 0 Å². The van der Waals surface area contributed by atoms with Gasteiger partial charge in [0.25, 0.3) is 0 Å². The molecule has 63 heavy (non-hydrogen) atoms. The van der Waals surface area contributed by atoms with E-state index < -0.39 is 5.41 Å². The highest BCUT2D eigenvalue weighted by atomic mass is 16.3. The van der Waals surface area contributed by atoms with Crippen LogP contribution in [-0.2, 0) is 5.41 Å². The van der Waals surface area contributed by atoms with Crippen molar-refractivity contribution in [3.05, 3.63) is 247 Å². The predicted molar refractivity (Wildman–Crippen MR) is 256 cm³/mol. The molecule has 0 unspecified atom stereocenters. The molecule has 4 heteroatoms. The lowest BCUT2D eigenvalue weighted by Crippen LogP contribution is -2.28. The lowest BCUT2D eigenvalue weighted by atomic mass is 9.70. The van der Waals surface area contributed by atoms with Crippen molar-refractivity contribution in [2.24, 2.45) is 0 Å². The first kappa shape index (κ1) is 35.4. The van der Waals surface area contributed by atoms with Crippen LogP contribution in [0.3, 0.4) is 0 Å². The third kappa shape index (κ3) is 5.35. The monoisotopic (exact) mass is 807 g/mol. The summed E-state index contributed by atoms with van der Waals surface area (Å²) in [4.78, 5) is 2.34. The molecule has 4 nitrogen and oxygen atoms in total. The molecule has 3 aromatic heterocycles. The third-order valence-corrected chi connectivity index (χ3v) is 13.1. The Labute approximate surface area is 363 Å². The molecule has 0 radical (unpaired) electrons. The zero-order valence-electron chi connectivity index (χ0n) is 34.0. The van der Waals surface area contributed by atoms with Gasteiger partial charge in [-0.15, -0.1) is 0 Å². The average molecular weight is 808 g/mol. The molecule has 1 aliphatic rings. The van der Waals surface area contributed by atoms with Crippen LogP contribution in [0.15, 0.2) is 238 Å². The molecule has 9 aromatic carbocycles. The second-order valence-electron chi connectivity index (χ2n) is 16.4. The summed E-state index contributed by atoms with van der Waals surface area (Å²) in [5, 5.41) is 4.49. The Kier molecular flexibility index (Phi) is 7.79. The van der Waals surface area contributed by atoms with Crippen LogP contribution in [-0.4, -0.2) is 0 Å². The summed E-state index contributed by atoms with van der Waals surface area (Å²) in [7, 11) is 0. The van der Waals surface area contributed by atoms with Crippen LogP contribution in [0.4, 0.5) is 17.1 Å². The first-order chi connectivity index (χ1) is 31.2. The Bertz CT molecular complexity index is 3620. The summed E-state index contributed by atoms with van der Waals surface area (Å²) in [5.74, 6) is 0.900. The number of anilines is 3. The van der Waals surface area contributed by atoms with Crippen molar-refractivity contribution in [2.75, 3.05) is 4.90 Å². The van der Waals surface area contributed by atoms with E-state index in [-0.39, 0.29) is 0 Å². The molecule has 0 saturated carbocycles. The van der Waals surface area contributed by atoms with E-state index in [1.54, 1.807) is 6.26 Å².